The van der Waals surface area contributed by atoms with Gasteiger partial charge in [0.25, 0.3) is 0 Å². The Balaban J connectivity index is 1.68. The van der Waals surface area contributed by atoms with Crippen LogP contribution in [0.25, 0.3) is 0 Å². The zero-order chi connectivity index (χ0) is 18.9. The Morgan fingerprint density at radius 2 is 1.62 bits per heavy atom. The largest absolute Gasteiger partial charge is 0.393 e. The van der Waals surface area contributed by atoms with Crippen molar-refractivity contribution in [3.05, 3.63) is 0 Å². The van der Waals surface area contributed by atoms with Crippen molar-refractivity contribution in [3.8, 4) is 0 Å². The average molecular weight is 363 g/mol. The standard InChI is InChI=1S/C23H38O3/c1-13(12-24)16-5-6-17-20-18(8-10-22(16,17)3)23(4)9-7-15(25)11-19(23)14(2)21(20)26/h12-21,25-26H,5-11H2,1-4H3/t13-,14-,15-,16-,17?,18?,19?,20?,21-,22-,23-/m1/s1. The molecule has 4 unspecified atom stereocenters. The average Bonchev–Trinajstić information content (AvgIpc) is 2.97. The van der Waals surface area contributed by atoms with Gasteiger partial charge in [-0.2, -0.15) is 0 Å². The molecule has 3 heteroatoms. The first-order valence-electron chi connectivity index (χ1n) is 11.1. The molecule has 0 aromatic heterocycles. The summed E-state index contributed by atoms with van der Waals surface area (Å²) in [5.74, 6) is 2.83. The first kappa shape index (κ1) is 18.9. The van der Waals surface area contributed by atoms with Gasteiger partial charge >= 0.3 is 0 Å². The van der Waals surface area contributed by atoms with E-state index in [1.54, 1.807) is 0 Å². The number of fused-ring (bicyclic) bond motifs is 5. The molecule has 0 heterocycles. The Labute approximate surface area is 158 Å². The summed E-state index contributed by atoms with van der Waals surface area (Å²) in [7, 11) is 0. The molecule has 0 aromatic carbocycles. The number of aliphatic hydroxyl groups is 2. The number of aliphatic hydroxyl groups excluding tert-OH is 2. The Morgan fingerprint density at radius 1 is 0.962 bits per heavy atom. The van der Waals surface area contributed by atoms with Crippen LogP contribution in [0.15, 0.2) is 0 Å². The van der Waals surface area contributed by atoms with Gasteiger partial charge in [0, 0.05) is 5.92 Å². The summed E-state index contributed by atoms with van der Waals surface area (Å²) in [6.07, 6.45) is 8.32. The molecule has 4 aliphatic rings. The molecular weight excluding hydrogens is 324 g/mol. The SMILES string of the molecule is C[C@H](C=O)[C@H]1CCC2C3C(CC[C@@]21C)[C@@]1(C)CC[C@@H](O)CC1[C@@H](C)[C@H]3O. The summed E-state index contributed by atoms with van der Waals surface area (Å²) in [6, 6.07) is 0. The lowest BCUT2D eigenvalue weighted by Crippen LogP contribution is -2.61. The lowest BCUT2D eigenvalue weighted by Gasteiger charge is -2.64. The van der Waals surface area contributed by atoms with E-state index in [9.17, 15) is 15.0 Å². The topological polar surface area (TPSA) is 57.5 Å². The summed E-state index contributed by atoms with van der Waals surface area (Å²) in [6.45, 7) is 9.21. The molecule has 0 aliphatic heterocycles. The van der Waals surface area contributed by atoms with Crippen molar-refractivity contribution in [2.24, 2.45) is 52.3 Å². The van der Waals surface area contributed by atoms with Gasteiger partial charge in [-0.1, -0.05) is 27.7 Å². The highest BCUT2D eigenvalue weighted by atomic mass is 16.3. The Kier molecular flexibility index (Phi) is 4.59. The number of hydrogen-bond acceptors (Lipinski definition) is 3. The highest BCUT2D eigenvalue weighted by Crippen LogP contribution is 2.68. The van der Waals surface area contributed by atoms with Gasteiger partial charge in [0.1, 0.15) is 6.29 Å². The fourth-order valence-corrected chi connectivity index (χ4v) is 8.65. The van der Waals surface area contributed by atoms with Crippen molar-refractivity contribution in [3.63, 3.8) is 0 Å². The molecule has 4 saturated carbocycles. The molecule has 0 spiro atoms. The van der Waals surface area contributed by atoms with E-state index in [0.717, 1.165) is 32.0 Å². The van der Waals surface area contributed by atoms with Crippen LogP contribution in [0.2, 0.25) is 0 Å². The molecule has 2 N–H and O–H groups in total. The Bertz CT molecular complexity index is 562. The van der Waals surface area contributed by atoms with Crippen LogP contribution < -0.4 is 0 Å². The van der Waals surface area contributed by atoms with Crippen molar-refractivity contribution in [1.82, 2.24) is 0 Å². The van der Waals surface area contributed by atoms with E-state index in [2.05, 4.69) is 27.7 Å². The zero-order valence-corrected chi connectivity index (χ0v) is 17.0. The molecule has 26 heavy (non-hydrogen) atoms. The molecular formula is C23H38O3. The van der Waals surface area contributed by atoms with Crippen LogP contribution in [0.4, 0.5) is 0 Å². The summed E-state index contributed by atoms with van der Waals surface area (Å²) in [5, 5.41) is 21.7. The molecule has 4 aliphatic carbocycles. The monoisotopic (exact) mass is 362 g/mol. The van der Waals surface area contributed by atoms with E-state index in [1.165, 1.54) is 19.3 Å². The fraction of sp³-hybridized carbons (Fsp3) is 0.957. The van der Waals surface area contributed by atoms with Crippen LogP contribution >= 0.6 is 0 Å². The minimum Gasteiger partial charge on any atom is -0.393 e. The molecule has 4 rings (SSSR count). The molecule has 0 aromatic rings. The molecule has 0 bridgehead atoms. The van der Waals surface area contributed by atoms with Crippen LogP contribution in [0, 0.1) is 52.3 Å². The minimum absolute atomic E-state index is 0.132. The lowest BCUT2D eigenvalue weighted by atomic mass is 9.42. The third kappa shape index (κ3) is 2.42. The minimum atomic E-state index is -0.252. The van der Waals surface area contributed by atoms with Gasteiger partial charge in [0.15, 0.2) is 0 Å². The van der Waals surface area contributed by atoms with E-state index in [-0.39, 0.29) is 34.9 Å². The first-order valence-corrected chi connectivity index (χ1v) is 11.1. The van der Waals surface area contributed by atoms with Crippen molar-refractivity contribution in [2.45, 2.75) is 84.8 Å². The second kappa shape index (κ2) is 6.30. The molecule has 0 saturated heterocycles. The van der Waals surface area contributed by atoms with Crippen LogP contribution in [-0.2, 0) is 4.79 Å². The van der Waals surface area contributed by atoms with E-state index in [4.69, 9.17) is 0 Å². The molecule has 3 nitrogen and oxygen atoms in total. The number of hydrogen-bond donors (Lipinski definition) is 2. The van der Waals surface area contributed by atoms with Gasteiger partial charge in [0.2, 0.25) is 0 Å². The van der Waals surface area contributed by atoms with Crippen molar-refractivity contribution in [2.75, 3.05) is 0 Å². The lowest BCUT2D eigenvalue weighted by molar-refractivity contribution is -0.198. The third-order valence-corrected chi connectivity index (χ3v) is 10.1. The van der Waals surface area contributed by atoms with Gasteiger partial charge in [-0.05, 0) is 91.3 Å². The number of carbonyl (C=O) groups is 1. The van der Waals surface area contributed by atoms with Gasteiger partial charge in [0.05, 0.1) is 12.2 Å². The Morgan fingerprint density at radius 3 is 2.31 bits per heavy atom. The van der Waals surface area contributed by atoms with E-state index in [1.807, 2.05) is 0 Å². The van der Waals surface area contributed by atoms with Crippen molar-refractivity contribution in [1.29, 1.82) is 0 Å². The smallest absolute Gasteiger partial charge is 0.123 e. The van der Waals surface area contributed by atoms with Crippen molar-refractivity contribution < 1.29 is 15.0 Å². The molecule has 0 radical (unpaired) electrons. The molecule has 11 atom stereocenters. The first-order chi connectivity index (χ1) is 12.2. The summed E-state index contributed by atoms with van der Waals surface area (Å²) >= 11 is 0. The van der Waals surface area contributed by atoms with Gasteiger partial charge in [-0.3, -0.25) is 0 Å². The third-order valence-electron chi connectivity index (χ3n) is 10.1. The second-order valence-electron chi connectivity index (χ2n) is 10.9. The van der Waals surface area contributed by atoms with Gasteiger partial charge < -0.3 is 15.0 Å². The quantitative estimate of drug-likeness (QED) is 0.728. The predicted octanol–water partition coefficient (Wildman–Crippen LogP) is 4.06. The maximum absolute atomic E-state index is 11.5. The summed E-state index contributed by atoms with van der Waals surface area (Å²) < 4.78 is 0. The van der Waals surface area contributed by atoms with E-state index < -0.39 is 0 Å². The van der Waals surface area contributed by atoms with Gasteiger partial charge in [-0.15, -0.1) is 0 Å². The van der Waals surface area contributed by atoms with Crippen LogP contribution in [0.1, 0.15) is 72.6 Å². The predicted molar refractivity (Wildman–Crippen MR) is 102 cm³/mol. The maximum Gasteiger partial charge on any atom is 0.123 e. The van der Waals surface area contributed by atoms with Crippen LogP contribution in [0.3, 0.4) is 0 Å². The zero-order valence-electron chi connectivity index (χ0n) is 17.0. The van der Waals surface area contributed by atoms with Crippen LogP contribution in [-0.4, -0.2) is 28.7 Å². The van der Waals surface area contributed by atoms with E-state index in [0.29, 0.717) is 29.6 Å². The fourth-order valence-electron chi connectivity index (χ4n) is 8.65. The maximum atomic E-state index is 11.5. The highest BCUT2D eigenvalue weighted by molar-refractivity contribution is 5.53. The molecule has 4 fully saturated rings. The number of carbonyl (C=O) groups excluding carboxylic acids is 1. The summed E-state index contributed by atoms with van der Waals surface area (Å²) in [4.78, 5) is 11.5. The Hall–Kier alpha value is -0.410. The van der Waals surface area contributed by atoms with Crippen LogP contribution in [0.5, 0.6) is 0 Å². The second-order valence-corrected chi connectivity index (χ2v) is 10.9. The van der Waals surface area contributed by atoms with Gasteiger partial charge in [-0.25, -0.2) is 0 Å². The molecule has 148 valence electrons. The van der Waals surface area contributed by atoms with E-state index >= 15 is 0 Å². The molecule has 0 amide bonds. The highest BCUT2D eigenvalue weighted by Gasteiger charge is 2.64. The summed E-state index contributed by atoms with van der Waals surface area (Å²) in [5.41, 5.74) is 0.470. The van der Waals surface area contributed by atoms with Crippen molar-refractivity contribution >= 4 is 6.29 Å². The number of rotatable bonds is 2. The normalized spacial score (nSPS) is 57.6. The number of aldehydes is 1.